The van der Waals surface area contributed by atoms with E-state index in [9.17, 15) is 0 Å². The number of hydrogen-bond acceptors (Lipinski definition) is 1. The Morgan fingerprint density at radius 1 is 0.538 bits per heavy atom. The number of benzene rings is 3. The molecule has 1 nitrogen and oxygen atoms in total. The zero-order chi connectivity index (χ0) is 17.7. The second-order valence-electron chi connectivity index (χ2n) is 6.54. The van der Waals surface area contributed by atoms with Crippen molar-refractivity contribution >= 4 is 23.2 Å². The second-order valence-corrected chi connectivity index (χ2v) is 10.4. The minimum absolute atomic E-state index is 0.999. The van der Waals surface area contributed by atoms with Crippen molar-refractivity contribution in [3.63, 3.8) is 0 Å². The Bertz CT molecular complexity index is 842. The average molecular weight is 355 g/mol. The summed E-state index contributed by atoms with van der Waals surface area (Å²) in [5.41, 5.74) is 1.29. The van der Waals surface area contributed by atoms with Gasteiger partial charge in [0.05, 0.1) is 0 Å². The van der Waals surface area contributed by atoms with Crippen LogP contribution in [-0.4, -0.2) is 4.98 Å². The van der Waals surface area contributed by atoms with Crippen LogP contribution in [0.4, 0.5) is 0 Å². The molecule has 128 valence electrons. The molecule has 0 saturated carbocycles. The minimum atomic E-state index is -2.20. The normalized spacial score (nSPS) is 11.8. The van der Waals surface area contributed by atoms with Gasteiger partial charge in [0.25, 0.3) is 0 Å². The zero-order valence-electron chi connectivity index (χ0n) is 14.6. The number of rotatable bonds is 5. The third kappa shape index (κ3) is 3.19. The van der Waals surface area contributed by atoms with Crippen LogP contribution < -0.4 is 15.9 Å². The van der Waals surface area contributed by atoms with Gasteiger partial charge in [-0.05, 0) is 0 Å². The Balaban J connectivity index is 2.00. The summed E-state index contributed by atoms with van der Waals surface area (Å²) in [6.45, 7) is 0. The Labute approximate surface area is 155 Å². The van der Waals surface area contributed by atoms with Crippen molar-refractivity contribution in [2.24, 2.45) is 0 Å². The molecule has 0 unspecified atom stereocenters. The van der Waals surface area contributed by atoms with Crippen LogP contribution in [-0.2, 0) is 6.16 Å². The Kier molecular flexibility index (Phi) is 4.91. The van der Waals surface area contributed by atoms with Crippen molar-refractivity contribution in [1.29, 1.82) is 0 Å². The summed E-state index contributed by atoms with van der Waals surface area (Å²) in [6, 6.07) is 37.3. The summed E-state index contributed by atoms with van der Waals surface area (Å²) in [5.74, 6) is 0. The fraction of sp³-hybridized carbons (Fsp3) is 0.0417. The molecule has 4 aromatic rings. The Morgan fingerprint density at radius 3 is 1.38 bits per heavy atom. The number of pyridine rings is 1. The third-order valence-electron chi connectivity index (χ3n) is 4.99. The molecule has 3 aromatic carbocycles. The topological polar surface area (TPSA) is 12.9 Å². The maximum atomic E-state index is 4.37. The number of hydrogen-bond donors (Lipinski definition) is 0. The van der Waals surface area contributed by atoms with E-state index in [0.29, 0.717) is 0 Å². The first-order valence-electron chi connectivity index (χ1n) is 8.95. The first-order valence-corrected chi connectivity index (χ1v) is 11.2. The van der Waals surface area contributed by atoms with E-state index < -0.39 is 7.26 Å². The summed E-state index contributed by atoms with van der Waals surface area (Å²) < 4.78 is 0. The van der Waals surface area contributed by atoms with Gasteiger partial charge in [0.2, 0.25) is 0 Å². The first kappa shape index (κ1) is 16.7. The number of nitrogens with zero attached hydrogens (tertiary/aromatic N) is 1. The molecule has 0 fully saturated rings. The quantitative estimate of drug-likeness (QED) is 0.486. The van der Waals surface area contributed by atoms with Gasteiger partial charge in [-0.25, -0.2) is 0 Å². The molecular weight excluding hydrogens is 333 g/mol. The zero-order valence-corrected chi connectivity index (χ0v) is 15.6. The molecule has 0 aliphatic rings. The molecule has 0 N–H and O–H groups in total. The molecular formula is C24H22NP. The van der Waals surface area contributed by atoms with Crippen molar-refractivity contribution in [2.75, 3.05) is 0 Å². The molecule has 0 aliphatic carbocycles. The van der Waals surface area contributed by atoms with E-state index in [1.807, 2.05) is 18.5 Å². The SMILES string of the molecule is c1ccc([PH](Cc2cccnc2)(c2ccccc2)c2ccccc2)cc1. The Hall–Kier alpha value is -2.76. The van der Waals surface area contributed by atoms with E-state index in [-0.39, 0.29) is 0 Å². The van der Waals surface area contributed by atoms with Gasteiger partial charge < -0.3 is 0 Å². The van der Waals surface area contributed by atoms with E-state index >= 15 is 0 Å². The summed E-state index contributed by atoms with van der Waals surface area (Å²) >= 11 is 0. The third-order valence-corrected chi connectivity index (χ3v) is 9.89. The first-order chi connectivity index (χ1) is 12.9. The molecule has 0 amide bonds. The van der Waals surface area contributed by atoms with Gasteiger partial charge in [0.15, 0.2) is 0 Å². The van der Waals surface area contributed by atoms with E-state index in [0.717, 1.165) is 6.16 Å². The molecule has 0 atom stereocenters. The molecule has 1 aromatic heterocycles. The fourth-order valence-corrected chi connectivity index (χ4v) is 8.50. The van der Waals surface area contributed by atoms with E-state index in [2.05, 4.69) is 102 Å². The summed E-state index contributed by atoms with van der Waals surface area (Å²) in [5, 5.41) is 4.30. The van der Waals surface area contributed by atoms with Crippen molar-refractivity contribution in [1.82, 2.24) is 4.98 Å². The van der Waals surface area contributed by atoms with Crippen LogP contribution in [0.3, 0.4) is 0 Å². The average Bonchev–Trinajstić information content (AvgIpc) is 2.75. The van der Waals surface area contributed by atoms with Gasteiger partial charge in [0, 0.05) is 0 Å². The van der Waals surface area contributed by atoms with Crippen molar-refractivity contribution in [3.8, 4) is 0 Å². The van der Waals surface area contributed by atoms with Crippen molar-refractivity contribution < 1.29 is 0 Å². The van der Waals surface area contributed by atoms with E-state index in [4.69, 9.17) is 0 Å². The van der Waals surface area contributed by atoms with Gasteiger partial charge in [-0.15, -0.1) is 0 Å². The molecule has 0 radical (unpaired) electrons. The van der Waals surface area contributed by atoms with E-state index in [1.165, 1.54) is 21.5 Å². The van der Waals surface area contributed by atoms with E-state index in [1.54, 1.807) is 0 Å². The van der Waals surface area contributed by atoms with Gasteiger partial charge in [-0.1, -0.05) is 0 Å². The molecule has 2 heteroatoms. The summed E-state index contributed by atoms with van der Waals surface area (Å²) in [7, 11) is -2.20. The summed E-state index contributed by atoms with van der Waals surface area (Å²) in [4.78, 5) is 4.37. The summed E-state index contributed by atoms with van der Waals surface area (Å²) in [6.07, 6.45) is 4.86. The van der Waals surface area contributed by atoms with Crippen LogP contribution in [0.25, 0.3) is 0 Å². The van der Waals surface area contributed by atoms with Crippen LogP contribution in [0.5, 0.6) is 0 Å². The van der Waals surface area contributed by atoms with Crippen LogP contribution in [0.1, 0.15) is 5.56 Å². The van der Waals surface area contributed by atoms with Gasteiger partial charge in [-0.3, -0.25) is 0 Å². The van der Waals surface area contributed by atoms with Gasteiger partial charge >= 0.3 is 155 Å². The fourth-order valence-electron chi connectivity index (χ4n) is 3.78. The van der Waals surface area contributed by atoms with Crippen molar-refractivity contribution in [3.05, 3.63) is 121 Å². The molecule has 0 spiro atoms. The predicted molar refractivity (Wildman–Crippen MR) is 114 cm³/mol. The maximum absolute atomic E-state index is 4.37. The molecule has 4 rings (SSSR count). The van der Waals surface area contributed by atoms with Crippen molar-refractivity contribution in [2.45, 2.75) is 6.16 Å². The standard InChI is InChI=1S/C24H22NP/c1-4-12-22(13-5-1)26(23-14-6-2-7-15-23,24-16-8-3-9-17-24)20-21-11-10-18-25-19-21/h1-19,26H,20H2. The molecule has 0 saturated heterocycles. The van der Waals surface area contributed by atoms with Gasteiger partial charge in [-0.2, -0.15) is 0 Å². The van der Waals surface area contributed by atoms with Crippen LogP contribution >= 0.6 is 7.26 Å². The molecule has 0 bridgehead atoms. The monoisotopic (exact) mass is 355 g/mol. The molecule has 0 aliphatic heterocycles. The van der Waals surface area contributed by atoms with Crippen LogP contribution in [0.2, 0.25) is 0 Å². The second kappa shape index (κ2) is 7.64. The predicted octanol–water partition coefficient (Wildman–Crippen LogP) is 4.31. The molecule has 1 heterocycles. The molecule has 26 heavy (non-hydrogen) atoms. The van der Waals surface area contributed by atoms with Crippen LogP contribution in [0.15, 0.2) is 116 Å². The van der Waals surface area contributed by atoms with Crippen LogP contribution in [0, 0.1) is 0 Å². The Morgan fingerprint density at radius 2 is 1.00 bits per heavy atom. The van der Waals surface area contributed by atoms with Gasteiger partial charge in [0.1, 0.15) is 0 Å². The number of aromatic nitrogens is 1.